The fraction of sp³-hybridized carbons (Fsp3) is 0.136. The van der Waals surface area contributed by atoms with E-state index in [0.717, 1.165) is 29.0 Å². The lowest BCUT2D eigenvalue weighted by Crippen LogP contribution is -2.34. The molecule has 0 N–H and O–H groups in total. The van der Waals surface area contributed by atoms with Gasteiger partial charge in [0.15, 0.2) is 0 Å². The minimum atomic E-state index is -0.572. The number of benzene rings is 3. The number of ether oxygens (including phenoxy) is 1. The molecule has 128 valence electrons. The van der Waals surface area contributed by atoms with Gasteiger partial charge in [-0.1, -0.05) is 66.7 Å². The third-order valence-corrected chi connectivity index (χ3v) is 4.98. The maximum Gasteiger partial charge on any atom is 0.216 e. The van der Waals surface area contributed by atoms with Crippen molar-refractivity contribution < 1.29 is 9.13 Å². The van der Waals surface area contributed by atoms with Crippen LogP contribution in [0.15, 0.2) is 84.0 Å². The molecular formula is C22H17FN2O. The van der Waals surface area contributed by atoms with Crippen molar-refractivity contribution in [3.05, 3.63) is 101 Å². The normalized spacial score (nSPS) is 20.8. The summed E-state index contributed by atoms with van der Waals surface area (Å²) in [6, 6.07) is 24.9. The van der Waals surface area contributed by atoms with Crippen molar-refractivity contribution in [2.24, 2.45) is 5.10 Å². The predicted molar refractivity (Wildman–Crippen MR) is 98.4 cm³/mol. The van der Waals surface area contributed by atoms with Crippen LogP contribution in [0.1, 0.15) is 35.4 Å². The van der Waals surface area contributed by atoms with Gasteiger partial charge in [0.2, 0.25) is 6.23 Å². The molecule has 0 aliphatic carbocycles. The van der Waals surface area contributed by atoms with Gasteiger partial charge in [0.1, 0.15) is 11.6 Å². The number of hydrazone groups is 1. The van der Waals surface area contributed by atoms with Gasteiger partial charge in [0.05, 0.1) is 17.3 Å². The molecule has 0 radical (unpaired) electrons. The zero-order valence-electron chi connectivity index (χ0n) is 14.0. The number of rotatable bonds is 2. The van der Waals surface area contributed by atoms with Crippen molar-refractivity contribution in [1.29, 1.82) is 0 Å². The molecular weight excluding hydrogens is 327 g/mol. The van der Waals surface area contributed by atoms with E-state index in [-0.39, 0.29) is 11.9 Å². The number of nitrogens with zero attached hydrogens (tertiary/aromatic N) is 2. The van der Waals surface area contributed by atoms with E-state index in [0.29, 0.717) is 5.56 Å². The van der Waals surface area contributed by atoms with Crippen LogP contribution in [0.4, 0.5) is 4.39 Å². The number of para-hydroxylation sites is 1. The van der Waals surface area contributed by atoms with E-state index in [1.54, 1.807) is 12.1 Å². The van der Waals surface area contributed by atoms with Gasteiger partial charge < -0.3 is 4.74 Å². The third kappa shape index (κ3) is 2.37. The van der Waals surface area contributed by atoms with Crippen molar-refractivity contribution >= 4 is 5.71 Å². The second-order valence-electron chi connectivity index (χ2n) is 6.54. The van der Waals surface area contributed by atoms with E-state index in [2.05, 4.69) is 18.2 Å². The zero-order valence-corrected chi connectivity index (χ0v) is 14.0. The molecule has 0 saturated heterocycles. The highest BCUT2D eigenvalue weighted by Gasteiger charge is 2.41. The zero-order chi connectivity index (χ0) is 17.5. The van der Waals surface area contributed by atoms with Crippen LogP contribution in [0, 0.1) is 5.82 Å². The van der Waals surface area contributed by atoms with Crippen molar-refractivity contribution in [2.75, 3.05) is 0 Å². The summed E-state index contributed by atoms with van der Waals surface area (Å²) in [5.41, 5.74) is 3.68. The molecule has 0 fully saturated rings. The summed E-state index contributed by atoms with van der Waals surface area (Å²) in [4.78, 5) is 0. The average Bonchev–Trinajstić information content (AvgIpc) is 3.14. The summed E-state index contributed by atoms with van der Waals surface area (Å²) in [6.45, 7) is 0. The van der Waals surface area contributed by atoms with E-state index < -0.39 is 6.23 Å². The lowest BCUT2D eigenvalue weighted by atomic mass is 9.96. The van der Waals surface area contributed by atoms with Crippen LogP contribution < -0.4 is 4.74 Å². The first-order valence-corrected chi connectivity index (χ1v) is 8.72. The quantitative estimate of drug-likeness (QED) is 0.648. The van der Waals surface area contributed by atoms with Gasteiger partial charge in [-0.2, -0.15) is 5.10 Å². The Hall–Kier alpha value is -3.14. The maximum atomic E-state index is 14.5. The summed E-state index contributed by atoms with van der Waals surface area (Å²) in [5.74, 6) is 0.519. The molecule has 2 unspecified atom stereocenters. The van der Waals surface area contributed by atoms with E-state index >= 15 is 0 Å². The molecule has 3 aromatic rings. The summed E-state index contributed by atoms with van der Waals surface area (Å²) in [5, 5.41) is 6.74. The Morgan fingerprint density at radius 3 is 2.35 bits per heavy atom. The molecule has 2 atom stereocenters. The van der Waals surface area contributed by atoms with Gasteiger partial charge in [-0.05, 0) is 17.7 Å². The lowest BCUT2D eigenvalue weighted by molar-refractivity contribution is -0.0212. The minimum absolute atomic E-state index is 0.0414. The van der Waals surface area contributed by atoms with Crippen LogP contribution in [0.2, 0.25) is 0 Å². The van der Waals surface area contributed by atoms with Crippen molar-refractivity contribution in [3.8, 4) is 5.75 Å². The largest absolute Gasteiger partial charge is 0.464 e. The summed E-state index contributed by atoms with van der Waals surface area (Å²) in [6.07, 6.45) is 0.201. The van der Waals surface area contributed by atoms with Gasteiger partial charge in [0.25, 0.3) is 0 Å². The van der Waals surface area contributed by atoms with Gasteiger partial charge in [0, 0.05) is 12.0 Å². The van der Waals surface area contributed by atoms with Gasteiger partial charge >= 0.3 is 0 Å². The van der Waals surface area contributed by atoms with Gasteiger partial charge in [-0.15, -0.1) is 0 Å². The van der Waals surface area contributed by atoms with E-state index in [1.807, 2.05) is 47.5 Å². The molecule has 26 heavy (non-hydrogen) atoms. The number of fused-ring (bicyclic) bond motifs is 3. The summed E-state index contributed by atoms with van der Waals surface area (Å²) < 4.78 is 20.6. The third-order valence-electron chi connectivity index (χ3n) is 4.98. The predicted octanol–water partition coefficient (Wildman–Crippen LogP) is 5.07. The van der Waals surface area contributed by atoms with E-state index in [4.69, 9.17) is 9.84 Å². The topological polar surface area (TPSA) is 24.8 Å². The molecule has 0 amide bonds. The maximum absolute atomic E-state index is 14.5. The Labute approximate surface area is 151 Å². The Morgan fingerprint density at radius 2 is 1.54 bits per heavy atom. The number of halogens is 1. The molecule has 5 rings (SSSR count). The van der Waals surface area contributed by atoms with Crippen molar-refractivity contribution in [1.82, 2.24) is 5.01 Å². The van der Waals surface area contributed by atoms with E-state index in [1.165, 1.54) is 6.07 Å². The van der Waals surface area contributed by atoms with Gasteiger partial charge in [-0.25, -0.2) is 9.40 Å². The van der Waals surface area contributed by atoms with Crippen LogP contribution in [0.5, 0.6) is 5.75 Å². The fourth-order valence-corrected chi connectivity index (χ4v) is 3.72. The van der Waals surface area contributed by atoms with E-state index in [9.17, 15) is 4.39 Å². The highest BCUT2D eigenvalue weighted by atomic mass is 19.1. The second-order valence-corrected chi connectivity index (χ2v) is 6.54. The van der Waals surface area contributed by atoms with Crippen molar-refractivity contribution in [3.63, 3.8) is 0 Å². The Bertz CT molecular complexity index is 986. The molecule has 0 spiro atoms. The average molecular weight is 344 g/mol. The molecule has 3 nitrogen and oxygen atoms in total. The molecule has 0 saturated carbocycles. The number of hydrogen-bond acceptors (Lipinski definition) is 3. The first-order valence-electron chi connectivity index (χ1n) is 8.72. The smallest absolute Gasteiger partial charge is 0.216 e. The number of hydrogen-bond donors (Lipinski definition) is 0. The standard InChI is InChI=1S/C22H17FN2O/c23-18-12-6-4-10-16(18)22-25-20(17-11-5-7-13-21(17)26-22)14-19(24-25)15-8-2-1-3-9-15/h1-13,20,22H,14H2. The highest BCUT2D eigenvalue weighted by Crippen LogP contribution is 2.47. The summed E-state index contributed by atoms with van der Waals surface area (Å²) >= 11 is 0. The first kappa shape index (κ1) is 15.1. The van der Waals surface area contributed by atoms with Crippen LogP contribution in [-0.2, 0) is 0 Å². The molecule has 3 aromatic carbocycles. The first-order chi connectivity index (χ1) is 12.8. The van der Waals surface area contributed by atoms with Crippen LogP contribution in [-0.4, -0.2) is 10.7 Å². The molecule has 0 aromatic heterocycles. The lowest BCUT2D eigenvalue weighted by Gasteiger charge is -2.38. The van der Waals surface area contributed by atoms with Crippen LogP contribution in [0.25, 0.3) is 0 Å². The van der Waals surface area contributed by atoms with Crippen LogP contribution >= 0.6 is 0 Å². The Kier molecular flexibility index (Phi) is 3.49. The second kappa shape index (κ2) is 5.99. The van der Waals surface area contributed by atoms with Gasteiger partial charge in [-0.3, -0.25) is 0 Å². The van der Waals surface area contributed by atoms with Crippen molar-refractivity contribution in [2.45, 2.75) is 18.7 Å². The monoisotopic (exact) mass is 344 g/mol. The molecule has 2 aliphatic rings. The minimum Gasteiger partial charge on any atom is -0.464 e. The summed E-state index contributed by atoms with van der Waals surface area (Å²) in [7, 11) is 0. The fourth-order valence-electron chi connectivity index (χ4n) is 3.72. The Morgan fingerprint density at radius 1 is 0.846 bits per heavy atom. The SMILES string of the molecule is Fc1ccccc1C1Oc2ccccc2C2CC(c3ccccc3)=NN21. The molecule has 4 heteroatoms. The van der Waals surface area contributed by atoms with Crippen LogP contribution in [0.3, 0.4) is 0 Å². The highest BCUT2D eigenvalue weighted by molar-refractivity contribution is 6.01. The Balaban J connectivity index is 1.63. The molecule has 0 bridgehead atoms. The molecule has 2 aliphatic heterocycles. The molecule has 2 heterocycles.